The summed E-state index contributed by atoms with van der Waals surface area (Å²) in [6, 6.07) is 14.1. The van der Waals surface area contributed by atoms with Crippen LogP contribution in [0, 0.1) is 0 Å². The number of amides is 1. The number of rotatable bonds is 5. The molecule has 0 saturated heterocycles. The van der Waals surface area contributed by atoms with Crippen molar-refractivity contribution >= 4 is 46.5 Å². The number of hydrogen-bond donors (Lipinski definition) is 2. The molecule has 0 saturated carbocycles. The number of carbonyl (C=O) groups excluding carboxylic acids is 1. The average Bonchev–Trinajstić information content (AvgIpc) is 3.26. The molecule has 2 aromatic carbocycles. The van der Waals surface area contributed by atoms with Crippen molar-refractivity contribution in [1.29, 1.82) is 0 Å². The molecule has 2 N–H and O–H groups in total. The molecule has 0 atom stereocenters. The Morgan fingerprint density at radius 3 is 2.59 bits per heavy atom. The Kier molecular flexibility index (Phi) is 5.12. The van der Waals surface area contributed by atoms with E-state index in [1.54, 1.807) is 41.0 Å². The van der Waals surface area contributed by atoms with Crippen molar-refractivity contribution in [2.45, 2.75) is 18.6 Å². The van der Waals surface area contributed by atoms with E-state index in [-0.39, 0.29) is 10.5 Å². The molecule has 0 spiro atoms. The molecule has 29 heavy (non-hydrogen) atoms. The second-order valence-electron chi connectivity index (χ2n) is 6.17. The first-order valence-electron chi connectivity index (χ1n) is 8.75. The summed E-state index contributed by atoms with van der Waals surface area (Å²) in [4.78, 5) is 24.4. The van der Waals surface area contributed by atoms with Crippen LogP contribution in [0.25, 0.3) is 17.0 Å². The molecule has 0 aliphatic carbocycles. The van der Waals surface area contributed by atoms with Crippen LogP contribution in [-0.4, -0.2) is 31.7 Å². The van der Waals surface area contributed by atoms with E-state index in [2.05, 4.69) is 15.5 Å². The summed E-state index contributed by atoms with van der Waals surface area (Å²) in [7, 11) is 0. The highest BCUT2D eigenvalue weighted by atomic mass is 35.5. The Labute approximate surface area is 175 Å². The van der Waals surface area contributed by atoms with E-state index in [0.717, 1.165) is 17.3 Å². The van der Waals surface area contributed by atoms with Crippen LogP contribution in [0.4, 0.5) is 5.69 Å². The molecule has 0 bridgehead atoms. The van der Waals surface area contributed by atoms with E-state index >= 15 is 0 Å². The lowest BCUT2D eigenvalue weighted by Crippen LogP contribution is -2.10. The molecule has 1 aliphatic heterocycles. The number of thioether (sulfide) groups is 1. The number of aromatic nitrogens is 3. The standard InChI is InChI=1S/C20H15ClN4O3S/c1-2-25-17(11-7-9-12(21)10-8-11)23-24-20(25)29-16(19(27)28)15-13-5-3-4-6-14(13)22-18(15)26/h3-10H,2H2,1H3,(H,22,26)(H,27,28)/b16-15+. The minimum atomic E-state index is -1.20. The Balaban J connectivity index is 1.79. The predicted molar refractivity (Wildman–Crippen MR) is 112 cm³/mol. The first-order chi connectivity index (χ1) is 14.0. The van der Waals surface area contributed by atoms with Gasteiger partial charge in [0.05, 0.1) is 5.57 Å². The van der Waals surface area contributed by atoms with E-state index in [0.29, 0.717) is 33.8 Å². The molecule has 0 fully saturated rings. The zero-order valence-corrected chi connectivity index (χ0v) is 16.8. The lowest BCUT2D eigenvalue weighted by molar-refractivity contribution is -0.131. The van der Waals surface area contributed by atoms with Crippen LogP contribution in [0.1, 0.15) is 12.5 Å². The zero-order chi connectivity index (χ0) is 20.5. The highest BCUT2D eigenvalue weighted by molar-refractivity contribution is 8.04. The van der Waals surface area contributed by atoms with E-state index in [1.165, 1.54) is 0 Å². The number of benzene rings is 2. The number of carboxylic acids is 1. The third-order valence-corrected chi connectivity index (χ3v) is 5.74. The fourth-order valence-electron chi connectivity index (χ4n) is 3.10. The Bertz CT molecular complexity index is 1150. The van der Waals surface area contributed by atoms with E-state index < -0.39 is 11.9 Å². The number of fused-ring (bicyclic) bond motifs is 1. The number of hydrogen-bond acceptors (Lipinski definition) is 5. The van der Waals surface area contributed by atoms with Crippen molar-refractivity contribution in [3.63, 3.8) is 0 Å². The molecule has 4 rings (SSSR count). The van der Waals surface area contributed by atoms with Gasteiger partial charge in [-0.2, -0.15) is 0 Å². The summed E-state index contributed by atoms with van der Waals surface area (Å²) in [5.74, 6) is -1.05. The first-order valence-corrected chi connectivity index (χ1v) is 9.94. The highest BCUT2D eigenvalue weighted by Crippen LogP contribution is 2.39. The van der Waals surface area contributed by atoms with E-state index in [4.69, 9.17) is 11.6 Å². The van der Waals surface area contributed by atoms with Gasteiger partial charge in [-0.1, -0.05) is 29.8 Å². The summed E-state index contributed by atoms with van der Waals surface area (Å²) in [6.45, 7) is 2.44. The molecule has 0 radical (unpaired) electrons. The van der Waals surface area contributed by atoms with Gasteiger partial charge in [0.15, 0.2) is 11.0 Å². The minimum absolute atomic E-state index is 0.0998. The number of halogens is 1. The number of aliphatic carboxylic acids is 1. The molecule has 1 aromatic heterocycles. The van der Waals surface area contributed by atoms with Crippen LogP contribution in [-0.2, 0) is 16.1 Å². The third kappa shape index (κ3) is 3.52. The van der Waals surface area contributed by atoms with Crippen LogP contribution in [0.3, 0.4) is 0 Å². The average molecular weight is 427 g/mol. The number of carboxylic acid groups (broad SMARTS) is 1. The second kappa shape index (κ2) is 7.73. The number of carbonyl (C=O) groups is 2. The lowest BCUT2D eigenvalue weighted by atomic mass is 10.1. The van der Waals surface area contributed by atoms with Gasteiger partial charge in [-0.3, -0.25) is 4.79 Å². The van der Waals surface area contributed by atoms with Gasteiger partial charge < -0.3 is 15.0 Å². The van der Waals surface area contributed by atoms with Crippen LogP contribution in [0.2, 0.25) is 5.02 Å². The van der Waals surface area contributed by atoms with Crippen molar-refractivity contribution in [3.8, 4) is 11.4 Å². The van der Waals surface area contributed by atoms with Gasteiger partial charge in [0, 0.05) is 28.4 Å². The maximum Gasteiger partial charge on any atom is 0.343 e. The van der Waals surface area contributed by atoms with Crippen LogP contribution < -0.4 is 5.32 Å². The lowest BCUT2D eigenvalue weighted by Gasteiger charge is -2.09. The van der Waals surface area contributed by atoms with Gasteiger partial charge in [0.2, 0.25) is 0 Å². The molecule has 146 valence electrons. The van der Waals surface area contributed by atoms with Gasteiger partial charge in [-0.15, -0.1) is 10.2 Å². The normalized spacial score (nSPS) is 14.5. The topological polar surface area (TPSA) is 97.1 Å². The Hall–Kier alpha value is -3.10. The number of nitrogens with zero attached hydrogens (tertiary/aromatic N) is 3. The highest BCUT2D eigenvalue weighted by Gasteiger charge is 2.31. The molecule has 1 aliphatic rings. The Morgan fingerprint density at radius 1 is 1.17 bits per heavy atom. The van der Waals surface area contributed by atoms with Crippen molar-refractivity contribution in [3.05, 3.63) is 64.0 Å². The van der Waals surface area contributed by atoms with Gasteiger partial charge in [0.25, 0.3) is 5.91 Å². The predicted octanol–water partition coefficient (Wildman–Crippen LogP) is 4.16. The van der Waals surface area contributed by atoms with E-state index in [9.17, 15) is 14.7 Å². The molecular formula is C20H15ClN4O3S. The van der Waals surface area contributed by atoms with Crippen molar-refractivity contribution < 1.29 is 14.7 Å². The summed E-state index contributed by atoms with van der Waals surface area (Å²) >= 11 is 6.87. The van der Waals surface area contributed by atoms with Gasteiger partial charge >= 0.3 is 5.97 Å². The van der Waals surface area contributed by atoms with E-state index in [1.807, 2.05) is 19.1 Å². The largest absolute Gasteiger partial charge is 0.477 e. The maximum atomic E-state index is 12.5. The maximum absolute atomic E-state index is 12.5. The molecule has 0 unspecified atom stereocenters. The van der Waals surface area contributed by atoms with Crippen LogP contribution in [0.15, 0.2) is 58.6 Å². The van der Waals surface area contributed by atoms with Crippen molar-refractivity contribution in [2.75, 3.05) is 5.32 Å². The quantitative estimate of drug-likeness (QED) is 0.469. The molecule has 3 aromatic rings. The van der Waals surface area contributed by atoms with Crippen LogP contribution in [0.5, 0.6) is 0 Å². The fourth-order valence-corrected chi connectivity index (χ4v) is 4.21. The summed E-state index contributed by atoms with van der Waals surface area (Å²) in [5.41, 5.74) is 2.08. The number of anilines is 1. The molecule has 7 nitrogen and oxygen atoms in total. The number of nitrogens with one attached hydrogen (secondary N) is 1. The monoisotopic (exact) mass is 426 g/mol. The summed E-state index contributed by atoms with van der Waals surface area (Å²) in [6.07, 6.45) is 0. The SMILES string of the molecule is CCn1c(S/C(C(=O)O)=C2/C(=O)Nc3ccccc32)nnc1-c1ccc(Cl)cc1. The van der Waals surface area contributed by atoms with Gasteiger partial charge in [-0.25, -0.2) is 4.79 Å². The van der Waals surface area contributed by atoms with Gasteiger partial charge in [0.1, 0.15) is 4.91 Å². The van der Waals surface area contributed by atoms with Crippen molar-refractivity contribution in [2.24, 2.45) is 0 Å². The smallest absolute Gasteiger partial charge is 0.343 e. The molecular weight excluding hydrogens is 412 g/mol. The summed E-state index contributed by atoms with van der Waals surface area (Å²) in [5, 5.41) is 21.9. The zero-order valence-electron chi connectivity index (χ0n) is 15.2. The Morgan fingerprint density at radius 2 is 1.90 bits per heavy atom. The van der Waals surface area contributed by atoms with Crippen molar-refractivity contribution in [1.82, 2.24) is 14.8 Å². The minimum Gasteiger partial charge on any atom is -0.477 e. The van der Waals surface area contributed by atoms with Crippen LogP contribution >= 0.6 is 23.4 Å². The third-order valence-electron chi connectivity index (χ3n) is 4.42. The first kappa shape index (κ1) is 19.2. The fraction of sp³-hybridized carbons (Fsp3) is 0.100. The van der Waals surface area contributed by atoms with Gasteiger partial charge in [-0.05, 0) is 49.0 Å². The number of para-hydroxylation sites is 1. The summed E-state index contributed by atoms with van der Waals surface area (Å²) < 4.78 is 1.80. The molecule has 1 amide bonds. The molecule has 2 heterocycles. The molecule has 9 heteroatoms. The second-order valence-corrected chi connectivity index (χ2v) is 7.58.